The van der Waals surface area contributed by atoms with Crippen LogP contribution < -0.4 is 4.90 Å². The van der Waals surface area contributed by atoms with E-state index in [2.05, 4.69) is 13.8 Å². The molecule has 1 saturated carbocycles. The number of hydrogen-bond acceptors (Lipinski definition) is 4. The van der Waals surface area contributed by atoms with E-state index in [-0.39, 0.29) is 34.7 Å². The molecule has 1 aliphatic heterocycles. The third kappa shape index (κ3) is 4.05. The Hall–Kier alpha value is -2.12. The SMILES string of the molecule is CC(C)C(=O)N1CC(C)(C)c2cc(S(=O)(=O)N(Cc3ccco3)C3CCCC3)ccc21. The summed E-state index contributed by atoms with van der Waals surface area (Å²) in [7, 11) is -3.72. The third-order valence-corrected chi connectivity index (χ3v) is 8.43. The maximum atomic E-state index is 13.8. The lowest BCUT2D eigenvalue weighted by Gasteiger charge is -2.28. The standard InChI is InChI=1S/C24H32N2O4S/c1-17(2)23(27)25-16-24(3,4)21-14-20(11-12-22(21)25)31(28,29)26(18-8-5-6-9-18)15-19-10-7-13-30-19/h7,10-14,17-18H,5-6,8-9,15-16H2,1-4H3. The van der Waals surface area contributed by atoms with Crippen molar-refractivity contribution in [2.24, 2.45) is 5.92 Å². The zero-order valence-corrected chi connectivity index (χ0v) is 19.6. The van der Waals surface area contributed by atoms with Crippen LogP contribution in [0.4, 0.5) is 5.69 Å². The number of furan rings is 1. The minimum Gasteiger partial charge on any atom is -0.468 e. The second-order valence-electron chi connectivity index (χ2n) is 9.71. The summed E-state index contributed by atoms with van der Waals surface area (Å²) >= 11 is 0. The van der Waals surface area contributed by atoms with Gasteiger partial charge < -0.3 is 9.32 Å². The first-order chi connectivity index (χ1) is 14.6. The molecule has 0 spiro atoms. The molecule has 1 aromatic heterocycles. The van der Waals surface area contributed by atoms with E-state index in [1.54, 1.807) is 39.7 Å². The molecule has 2 aromatic rings. The van der Waals surface area contributed by atoms with Crippen molar-refractivity contribution in [3.63, 3.8) is 0 Å². The van der Waals surface area contributed by atoms with E-state index >= 15 is 0 Å². The smallest absolute Gasteiger partial charge is 0.243 e. The summed E-state index contributed by atoms with van der Waals surface area (Å²) in [5, 5.41) is 0. The Morgan fingerprint density at radius 1 is 1.23 bits per heavy atom. The van der Waals surface area contributed by atoms with Gasteiger partial charge in [0, 0.05) is 29.6 Å². The molecule has 4 rings (SSSR count). The molecule has 2 heterocycles. The van der Waals surface area contributed by atoms with Crippen LogP contribution in [-0.2, 0) is 26.8 Å². The molecule has 168 valence electrons. The average molecular weight is 445 g/mol. The van der Waals surface area contributed by atoms with E-state index in [1.807, 2.05) is 19.9 Å². The number of benzene rings is 1. The number of nitrogens with zero attached hydrogens (tertiary/aromatic N) is 2. The summed E-state index contributed by atoms with van der Waals surface area (Å²) in [6.45, 7) is 8.70. The zero-order valence-electron chi connectivity index (χ0n) is 18.8. The van der Waals surface area contributed by atoms with Crippen molar-refractivity contribution >= 4 is 21.6 Å². The highest BCUT2D eigenvalue weighted by Crippen LogP contribution is 2.43. The Morgan fingerprint density at radius 2 is 1.94 bits per heavy atom. The molecular weight excluding hydrogens is 412 g/mol. The van der Waals surface area contributed by atoms with Gasteiger partial charge in [-0.3, -0.25) is 4.79 Å². The van der Waals surface area contributed by atoms with Crippen LogP contribution in [0.5, 0.6) is 0 Å². The minimum atomic E-state index is -3.72. The van der Waals surface area contributed by atoms with Gasteiger partial charge in [-0.2, -0.15) is 4.31 Å². The Kier molecular flexibility index (Phi) is 5.77. The van der Waals surface area contributed by atoms with E-state index in [9.17, 15) is 13.2 Å². The molecule has 0 atom stereocenters. The first kappa shape index (κ1) is 22.1. The van der Waals surface area contributed by atoms with Gasteiger partial charge in [0.05, 0.1) is 17.7 Å². The number of amides is 1. The molecule has 0 radical (unpaired) electrons. The van der Waals surface area contributed by atoms with Crippen molar-refractivity contribution in [1.82, 2.24) is 4.31 Å². The normalized spacial score (nSPS) is 18.8. The highest BCUT2D eigenvalue weighted by molar-refractivity contribution is 7.89. The Morgan fingerprint density at radius 3 is 2.55 bits per heavy atom. The number of hydrogen-bond donors (Lipinski definition) is 0. The molecule has 1 aliphatic carbocycles. The van der Waals surface area contributed by atoms with Crippen molar-refractivity contribution in [3.8, 4) is 0 Å². The quantitative estimate of drug-likeness (QED) is 0.648. The lowest BCUT2D eigenvalue weighted by Crippen LogP contribution is -2.38. The number of anilines is 1. The molecule has 1 fully saturated rings. The van der Waals surface area contributed by atoms with Crippen LogP contribution in [0.15, 0.2) is 45.9 Å². The first-order valence-corrected chi connectivity index (χ1v) is 12.6. The van der Waals surface area contributed by atoms with Crippen LogP contribution in [0.1, 0.15) is 64.7 Å². The predicted octanol–water partition coefficient (Wildman–Crippen LogP) is 4.69. The fraction of sp³-hybridized carbons (Fsp3) is 0.542. The minimum absolute atomic E-state index is 0.0182. The molecule has 0 saturated heterocycles. The topological polar surface area (TPSA) is 70.8 Å². The van der Waals surface area contributed by atoms with Crippen molar-refractivity contribution < 1.29 is 17.6 Å². The summed E-state index contributed by atoms with van der Waals surface area (Å²) < 4.78 is 34.7. The maximum Gasteiger partial charge on any atom is 0.243 e. The van der Waals surface area contributed by atoms with E-state index in [1.165, 1.54) is 0 Å². The van der Waals surface area contributed by atoms with Gasteiger partial charge in [-0.25, -0.2) is 8.42 Å². The molecular formula is C24H32N2O4S. The number of carbonyl (C=O) groups is 1. The Balaban J connectivity index is 1.73. The third-order valence-electron chi connectivity index (χ3n) is 6.53. The van der Waals surface area contributed by atoms with Gasteiger partial charge in [-0.05, 0) is 48.7 Å². The summed E-state index contributed by atoms with van der Waals surface area (Å²) in [4.78, 5) is 14.8. The molecule has 0 unspecified atom stereocenters. The molecule has 1 amide bonds. The average Bonchev–Trinajstić information content (AvgIpc) is 3.46. The van der Waals surface area contributed by atoms with Crippen LogP contribution in [0, 0.1) is 5.92 Å². The van der Waals surface area contributed by atoms with Gasteiger partial charge in [-0.15, -0.1) is 0 Å². The van der Waals surface area contributed by atoms with E-state index in [0.717, 1.165) is 36.9 Å². The van der Waals surface area contributed by atoms with Gasteiger partial charge >= 0.3 is 0 Å². The fourth-order valence-electron chi connectivity index (χ4n) is 4.82. The first-order valence-electron chi connectivity index (χ1n) is 11.1. The molecule has 0 bridgehead atoms. The van der Waals surface area contributed by atoms with Gasteiger partial charge in [0.15, 0.2) is 0 Å². The van der Waals surface area contributed by atoms with Gasteiger partial charge in [0.2, 0.25) is 15.9 Å². The van der Waals surface area contributed by atoms with Crippen molar-refractivity contribution in [1.29, 1.82) is 0 Å². The molecule has 0 N–H and O–H groups in total. The lowest BCUT2D eigenvalue weighted by molar-refractivity contribution is -0.121. The van der Waals surface area contributed by atoms with Gasteiger partial charge in [-0.1, -0.05) is 40.5 Å². The highest BCUT2D eigenvalue weighted by Gasteiger charge is 2.41. The van der Waals surface area contributed by atoms with E-state index < -0.39 is 10.0 Å². The van der Waals surface area contributed by atoms with E-state index in [0.29, 0.717) is 12.3 Å². The van der Waals surface area contributed by atoms with Crippen LogP contribution in [0.2, 0.25) is 0 Å². The highest BCUT2D eigenvalue weighted by atomic mass is 32.2. The van der Waals surface area contributed by atoms with Crippen molar-refractivity contribution in [3.05, 3.63) is 47.9 Å². The molecule has 2 aliphatic rings. The van der Waals surface area contributed by atoms with Crippen LogP contribution in [0.3, 0.4) is 0 Å². The number of carbonyl (C=O) groups excluding carboxylic acids is 1. The second-order valence-corrected chi connectivity index (χ2v) is 11.6. The predicted molar refractivity (Wildman–Crippen MR) is 120 cm³/mol. The maximum absolute atomic E-state index is 13.8. The Bertz CT molecular complexity index is 1050. The van der Waals surface area contributed by atoms with Gasteiger partial charge in [0.25, 0.3) is 0 Å². The fourth-order valence-corrected chi connectivity index (χ4v) is 6.50. The Labute approximate surface area is 185 Å². The second kappa shape index (κ2) is 8.10. The van der Waals surface area contributed by atoms with Gasteiger partial charge in [0.1, 0.15) is 5.76 Å². The molecule has 7 heteroatoms. The van der Waals surface area contributed by atoms with E-state index in [4.69, 9.17) is 4.42 Å². The number of fused-ring (bicyclic) bond motifs is 1. The summed E-state index contributed by atoms with van der Waals surface area (Å²) in [5.74, 6) is 0.592. The molecule has 6 nitrogen and oxygen atoms in total. The zero-order chi connectivity index (χ0) is 22.4. The molecule has 1 aromatic carbocycles. The number of rotatable bonds is 6. The lowest BCUT2D eigenvalue weighted by atomic mass is 9.87. The van der Waals surface area contributed by atoms with Crippen molar-refractivity contribution in [2.75, 3.05) is 11.4 Å². The van der Waals surface area contributed by atoms with Crippen LogP contribution in [0.25, 0.3) is 0 Å². The summed E-state index contributed by atoms with van der Waals surface area (Å²) in [6, 6.07) is 8.82. The summed E-state index contributed by atoms with van der Waals surface area (Å²) in [5.41, 5.74) is 1.41. The van der Waals surface area contributed by atoms with Crippen LogP contribution in [-0.4, -0.2) is 31.2 Å². The van der Waals surface area contributed by atoms with Crippen molar-refractivity contribution in [2.45, 2.75) is 76.3 Å². The number of sulfonamides is 1. The monoisotopic (exact) mass is 444 g/mol. The molecule has 31 heavy (non-hydrogen) atoms. The summed E-state index contributed by atoms with van der Waals surface area (Å²) in [6.07, 6.45) is 5.39. The van der Waals surface area contributed by atoms with Crippen LogP contribution >= 0.6 is 0 Å². The largest absolute Gasteiger partial charge is 0.468 e.